The predicted molar refractivity (Wildman–Crippen MR) is 200 cm³/mol. The first-order chi connectivity index (χ1) is 23.0. The van der Waals surface area contributed by atoms with E-state index in [-0.39, 0.29) is 0 Å². The van der Waals surface area contributed by atoms with E-state index in [1.807, 2.05) is 0 Å². The molecular formula is C41H75NO5. The maximum Gasteiger partial charge on any atom is 0.249 e. The second kappa shape index (κ2) is 35.6. The van der Waals surface area contributed by atoms with Crippen LogP contribution in [0, 0.1) is 0 Å². The molecule has 47 heavy (non-hydrogen) atoms. The number of carbonyl (C=O) groups is 1. The molecule has 0 aliphatic carbocycles. The van der Waals surface area contributed by atoms with E-state index in [0.29, 0.717) is 19.3 Å². The van der Waals surface area contributed by atoms with Crippen LogP contribution in [0.15, 0.2) is 48.6 Å². The van der Waals surface area contributed by atoms with Gasteiger partial charge in [-0.25, -0.2) is 0 Å². The Bertz CT molecular complexity index is 793. The van der Waals surface area contributed by atoms with Gasteiger partial charge in [0, 0.05) is 0 Å². The number of carbonyl (C=O) groups excluding carboxylic acids is 1. The van der Waals surface area contributed by atoms with Gasteiger partial charge < -0.3 is 25.7 Å². The molecule has 0 radical (unpaired) electrons. The van der Waals surface area contributed by atoms with Crippen LogP contribution in [0.2, 0.25) is 0 Å². The van der Waals surface area contributed by atoms with Crippen molar-refractivity contribution >= 4 is 5.91 Å². The molecule has 0 saturated heterocycles. The number of amides is 1. The Hall–Kier alpha value is -1.73. The Labute approximate surface area is 289 Å². The molecule has 0 aliphatic rings. The minimum atomic E-state index is -1.30. The van der Waals surface area contributed by atoms with Crippen LogP contribution in [0.25, 0.3) is 0 Å². The average Bonchev–Trinajstić information content (AvgIpc) is 3.07. The maximum atomic E-state index is 12.4. The smallest absolute Gasteiger partial charge is 0.249 e. The molecule has 0 aromatic carbocycles. The van der Waals surface area contributed by atoms with E-state index in [9.17, 15) is 25.2 Å². The van der Waals surface area contributed by atoms with Gasteiger partial charge in [0.2, 0.25) is 5.91 Å². The number of hydrogen-bond acceptors (Lipinski definition) is 5. The first-order valence-electron chi connectivity index (χ1n) is 19.5. The number of unbranched alkanes of at least 4 members (excludes halogenated alkanes) is 17. The van der Waals surface area contributed by atoms with E-state index in [1.54, 1.807) is 0 Å². The molecule has 274 valence electrons. The number of aliphatic hydroxyl groups is 4. The van der Waals surface area contributed by atoms with Crippen LogP contribution in [0.5, 0.6) is 0 Å². The Morgan fingerprint density at radius 1 is 0.511 bits per heavy atom. The lowest BCUT2D eigenvalue weighted by molar-refractivity contribution is -0.132. The van der Waals surface area contributed by atoms with Gasteiger partial charge in [-0.3, -0.25) is 4.79 Å². The first-order valence-corrected chi connectivity index (χ1v) is 19.5. The van der Waals surface area contributed by atoms with Crippen LogP contribution in [-0.2, 0) is 4.79 Å². The summed E-state index contributed by atoms with van der Waals surface area (Å²) < 4.78 is 0. The van der Waals surface area contributed by atoms with Crippen molar-refractivity contribution in [2.45, 2.75) is 199 Å². The lowest BCUT2D eigenvalue weighted by Crippen LogP contribution is -2.53. The molecular weight excluding hydrogens is 586 g/mol. The van der Waals surface area contributed by atoms with Crippen molar-refractivity contribution in [1.29, 1.82) is 0 Å². The molecule has 4 atom stereocenters. The zero-order chi connectivity index (χ0) is 34.6. The van der Waals surface area contributed by atoms with Crippen molar-refractivity contribution in [2.24, 2.45) is 0 Å². The Morgan fingerprint density at radius 2 is 0.936 bits per heavy atom. The summed E-state index contributed by atoms with van der Waals surface area (Å²) in [5.41, 5.74) is 0. The summed E-state index contributed by atoms with van der Waals surface area (Å²) in [5.74, 6) is -0.611. The van der Waals surface area contributed by atoms with Crippen molar-refractivity contribution in [1.82, 2.24) is 5.32 Å². The van der Waals surface area contributed by atoms with Gasteiger partial charge in [-0.15, -0.1) is 0 Å². The lowest BCUT2D eigenvalue weighted by atomic mass is 10.00. The molecule has 0 aromatic heterocycles. The zero-order valence-corrected chi connectivity index (χ0v) is 30.5. The molecule has 0 fully saturated rings. The summed E-state index contributed by atoms with van der Waals surface area (Å²) in [4.78, 5) is 12.4. The third-order valence-electron chi connectivity index (χ3n) is 8.70. The van der Waals surface area contributed by atoms with Crippen molar-refractivity contribution in [2.75, 3.05) is 6.61 Å². The average molecular weight is 662 g/mol. The summed E-state index contributed by atoms with van der Waals surface area (Å²) in [6, 6.07) is -1.01. The largest absolute Gasteiger partial charge is 0.394 e. The zero-order valence-electron chi connectivity index (χ0n) is 30.5. The molecule has 6 heteroatoms. The van der Waals surface area contributed by atoms with Gasteiger partial charge in [-0.1, -0.05) is 140 Å². The van der Waals surface area contributed by atoms with Crippen molar-refractivity contribution in [3.63, 3.8) is 0 Å². The van der Waals surface area contributed by atoms with Crippen LogP contribution in [0.4, 0.5) is 0 Å². The van der Waals surface area contributed by atoms with Crippen LogP contribution in [-0.4, -0.2) is 57.3 Å². The Balaban J connectivity index is 3.89. The summed E-state index contributed by atoms with van der Waals surface area (Å²) in [5, 5.41) is 43.4. The number of aliphatic hydroxyl groups excluding tert-OH is 4. The van der Waals surface area contributed by atoms with Crippen LogP contribution >= 0.6 is 0 Å². The van der Waals surface area contributed by atoms with Gasteiger partial charge in [0.1, 0.15) is 12.2 Å². The fourth-order valence-corrected chi connectivity index (χ4v) is 5.55. The maximum absolute atomic E-state index is 12.4. The van der Waals surface area contributed by atoms with Gasteiger partial charge in [-0.2, -0.15) is 0 Å². The quantitative estimate of drug-likeness (QED) is 0.0349. The molecule has 0 heterocycles. The molecule has 4 unspecified atom stereocenters. The van der Waals surface area contributed by atoms with Gasteiger partial charge >= 0.3 is 0 Å². The molecule has 1 amide bonds. The van der Waals surface area contributed by atoms with E-state index in [2.05, 4.69) is 67.8 Å². The highest BCUT2D eigenvalue weighted by Gasteiger charge is 2.28. The highest BCUT2D eigenvalue weighted by molar-refractivity contribution is 5.80. The SMILES string of the molecule is CCC/C=C/CC/C=C/CC/C=C/CCCC(O)C(O)C(CO)NC(=O)C(O)CCCCCC/C=C\CCCCCCCCCCC. The highest BCUT2D eigenvalue weighted by Crippen LogP contribution is 2.13. The van der Waals surface area contributed by atoms with Crippen molar-refractivity contribution in [3.05, 3.63) is 48.6 Å². The topological polar surface area (TPSA) is 110 Å². The molecule has 0 aliphatic heterocycles. The normalized spacial score (nSPS) is 14.9. The Kier molecular flexibility index (Phi) is 34.3. The Morgan fingerprint density at radius 3 is 1.43 bits per heavy atom. The minimum Gasteiger partial charge on any atom is -0.394 e. The van der Waals surface area contributed by atoms with E-state index in [0.717, 1.165) is 70.6 Å². The van der Waals surface area contributed by atoms with Crippen LogP contribution < -0.4 is 5.32 Å². The number of nitrogens with one attached hydrogen (secondary N) is 1. The number of allylic oxidation sites excluding steroid dienone is 8. The number of rotatable bonds is 34. The first kappa shape index (κ1) is 45.3. The van der Waals surface area contributed by atoms with Gasteiger partial charge in [0.15, 0.2) is 0 Å². The van der Waals surface area contributed by atoms with Crippen LogP contribution in [0.3, 0.4) is 0 Å². The molecule has 0 spiro atoms. The summed E-state index contributed by atoms with van der Waals surface area (Å²) in [6.45, 7) is 3.94. The summed E-state index contributed by atoms with van der Waals surface area (Å²) >= 11 is 0. The molecule has 0 aromatic rings. The summed E-state index contributed by atoms with van der Waals surface area (Å²) in [6.07, 6.45) is 41.3. The van der Waals surface area contributed by atoms with Gasteiger partial charge in [0.25, 0.3) is 0 Å². The third-order valence-corrected chi connectivity index (χ3v) is 8.70. The molecule has 0 bridgehead atoms. The molecule has 0 rings (SSSR count). The minimum absolute atomic E-state index is 0.343. The fraction of sp³-hybridized carbons (Fsp3) is 0.780. The van der Waals surface area contributed by atoms with Crippen molar-refractivity contribution in [3.8, 4) is 0 Å². The molecule has 0 saturated carbocycles. The molecule has 6 nitrogen and oxygen atoms in total. The third kappa shape index (κ3) is 30.1. The molecule has 5 N–H and O–H groups in total. The van der Waals surface area contributed by atoms with E-state index >= 15 is 0 Å². The van der Waals surface area contributed by atoms with Crippen LogP contribution in [0.1, 0.15) is 174 Å². The van der Waals surface area contributed by atoms with Crippen molar-refractivity contribution < 1.29 is 25.2 Å². The summed E-state index contributed by atoms with van der Waals surface area (Å²) in [7, 11) is 0. The fourth-order valence-electron chi connectivity index (χ4n) is 5.55. The monoisotopic (exact) mass is 662 g/mol. The number of hydrogen-bond donors (Lipinski definition) is 5. The standard InChI is InChI=1S/C41H75NO5/c1-3-5-7-9-11-13-15-17-19-20-21-23-25-27-29-31-33-35-39(45)41(47)42-37(36-43)40(46)38(44)34-32-30-28-26-24-22-18-16-14-12-10-8-6-4-2/h8,10,16,18,21,23,26,28,37-40,43-46H,3-7,9,11-15,17,19-20,22,24-25,27,29-36H2,1-2H3,(H,42,47)/b10-8+,18-16+,23-21-,28-26+. The van der Waals surface area contributed by atoms with E-state index in [1.165, 1.54) is 70.6 Å². The highest BCUT2D eigenvalue weighted by atomic mass is 16.3. The van der Waals surface area contributed by atoms with Gasteiger partial charge in [-0.05, 0) is 83.5 Å². The van der Waals surface area contributed by atoms with Gasteiger partial charge in [0.05, 0.1) is 18.8 Å². The second-order valence-electron chi connectivity index (χ2n) is 13.2. The van der Waals surface area contributed by atoms with E-state index in [4.69, 9.17) is 0 Å². The predicted octanol–water partition coefficient (Wildman–Crippen LogP) is 9.56. The van der Waals surface area contributed by atoms with E-state index < -0.39 is 36.9 Å². The second-order valence-corrected chi connectivity index (χ2v) is 13.2. The lowest BCUT2D eigenvalue weighted by Gasteiger charge is -2.27.